The van der Waals surface area contributed by atoms with Crippen LogP contribution in [0, 0.1) is 22.7 Å². The molecule has 0 saturated heterocycles. The van der Waals surface area contributed by atoms with Gasteiger partial charge in [-0.3, -0.25) is 4.79 Å². The Kier molecular flexibility index (Phi) is 2.83. The molecule has 0 heterocycles. The standard InChI is InChI=1S/C19H26O2/c1-18-9-7-13(20)11-12(18)3-4-14-15-5-6-17(21)19(15,2)10-8-16(14)18/h8,11,14-15,17,21H,3-7,9-10H2,1-2H3. The highest BCUT2D eigenvalue weighted by Gasteiger charge is 2.55. The van der Waals surface area contributed by atoms with E-state index in [-0.39, 0.29) is 16.9 Å². The normalized spacial score (nSPS) is 48.9. The Bertz CT molecular complexity index is 558. The molecule has 1 N–H and O–H groups in total. The molecule has 4 aliphatic carbocycles. The molecule has 0 aromatic rings. The molecule has 0 radical (unpaired) electrons. The first-order chi connectivity index (χ1) is 9.95. The lowest BCUT2D eigenvalue weighted by Crippen LogP contribution is -2.45. The summed E-state index contributed by atoms with van der Waals surface area (Å²) < 4.78 is 0. The Morgan fingerprint density at radius 3 is 2.81 bits per heavy atom. The van der Waals surface area contributed by atoms with Gasteiger partial charge in [0.2, 0.25) is 0 Å². The number of allylic oxidation sites excluding steroid dienone is 4. The molecule has 0 aromatic carbocycles. The van der Waals surface area contributed by atoms with Crippen LogP contribution in [0.3, 0.4) is 0 Å². The topological polar surface area (TPSA) is 37.3 Å². The smallest absolute Gasteiger partial charge is 0.155 e. The number of carbonyl (C=O) groups excluding carboxylic acids is 1. The monoisotopic (exact) mass is 286 g/mol. The first-order valence-electron chi connectivity index (χ1n) is 8.57. The predicted molar refractivity (Wildman–Crippen MR) is 82.7 cm³/mol. The van der Waals surface area contributed by atoms with Crippen molar-refractivity contribution in [3.63, 3.8) is 0 Å². The maximum atomic E-state index is 11.8. The van der Waals surface area contributed by atoms with Gasteiger partial charge in [-0.15, -0.1) is 0 Å². The number of hydrogen-bond acceptors (Lipinski definition) is 2. The number of aliphatic hydroxyl groups is 1. The maximum absolute atomic E-state index is 11.8. The fourth-order valence-corrected chi connectivity index (χ4v) is 5.83. The molecule has 0 amide bonds. The van der Waals surface area contributed by atoms with E-state index in [1.165, 1.54) is 18.4 Å². The van der Waals surface area contributed by atoms with Crippen molar-refractivity contribution in [2.24, 2.45) is 22.7 Å². The highest BCUT2D eigenvalue weighted by Crippen LogP contribution is 2.62. The molecule has 5 unspecified atom stereocenters. The van der Waals surface area contributed by atoms with Crippen LogP contribution in [0.4, 0.5) is 0 Å². The molecule has 0 aliphatic heterocycles. The number of carbonyl (C=O) groups is 1. The average molecular weight is 286 g/mol. The van der Waals surface area contributed by atoms with E-state index >= 15 is 0 Å². The molecular weight excluding hydrogens is 260 g/mol. The molecule has 2 saturated carbocycles. The van der Waals surface area contributed by atoms with E-state index in [4.69, 9.17) is 0 Å². The molecule has 5 atom stereocenters. The summed E-state index contributed by atoms with van der Waals surface area (Å²) in [6.07, 6.45) is 11.4. The van der Waals surface area contributed by atoms with Gasteiger partial charge in [0.25, 0.3) is 0 Å². The van der Waals surface area contributed by atoms with Crippen molar-refractivity contribution in [1.82, 2.24) is 0 Å². The average Bonchev–Trinajstić information content (AvgIpc) is 2.76. The second kappa shape index (κ2) is 4.32. The minimum Gasteiger partial charge on any atom is -0.393 e. The molecule has 2 nitrogen and oxygen atoms in total. The van der Waals surface area contributed by atoms with E-state index in [1.54, 1.807) is 5.57 Å². The summed E-state index contributed by atoms with van der Waals surface area (Å²) in [6.45, 7) is 4.65. The van der Waals surface area contributed by atoms with Gasteiger partial charge in [0.1, 0.15) is 0 Å². The number of aliphatic hydroxyl groups excluding tert-OH is 1. The minimum atomic E-state index is -0.127. The van der Waals surface area contributed by atoms with E-state index in [0.717, 1.165) is 25.7 Å². The van der Waals surface area contributed by atoms with Crippen molar-refractivity contribution in [2.75, 3.05) is 0 Å². The van der Waals surface area contributed by atoms with Gasteiger partial charge in [-0.05, 0) is 56.4 Å². The van der Waals surface area contributed by atoms with Crippen LogP contribution in [-0.4, -0.2) is 17.0 Å². The quantitative estimate of drug-likeness (QED) is 0.688. The minimum absolute atomic E-state index is 0.0935. The summed E-state index contributed by atoms with van der Waals surface area (Å²) in [5.74, 6) is 1.60. The van der Waals surface area contributed by atoms with E-state index in [1.807, 2.05) is 6.08 Å². The Labute approximate surface area is 127 Å². The zero-order chi connectivity index (χ0) is 14.8. The van der Waals surface area contributed by atoms with Crippen LogP contribution in [0.15, 0.2) is 23.3 Å². The van der Waals surface area contributed by atoms with Crippen LogP contribution in [-0.2, 0) is 4.79 Å². The van der Waals surface area contributed by atoms with Gasteiger partial charge in [-0.25, -0.2) is 0 Å². The van der Waals surface area contributed by atoms with E-state index in [2.05, 4.69) is 19.9 Å². The largest absolute Gasteiger partial charge is 0.393 e. The molecule has 0 aromatic heterocycles. The van der Waals surface area contributed by atoms with Crippen molar-refractivity contribution < 1.29 is 9.90 Å². The summed E-state index contributed by atoms with van der Waals surface area (Å²) in [4.78, 5) is 11.8. The van der Waals surface area contributed by atoms with Gasteiger partial charge in [-0.2, -0.15) is 0 Å². The van der Waals surface area contributed by atoms with Gasteiger partial charge < -0.3 is 5.11 Å². The van der Waals surface area contributed by atoms with Crippen molar-refractivity contribution in [1.29, 1.82) is 0 Å². The molecule has 2 fully saturated rings. The van der Waals surface area contributed by atoms with Gasteiger partial charge in [-0.1, -0.05) is 31.1 Å². The van der Waals surface area contributed by atoms with Crippen LogP contribution in [0.2, 0.25) is 0 Å². The zero-order valence-electron chi connectivity index (χ0n) is 13.2. The van der Waals surface area contributed by atoms with Crippen LogP contribution in [0.5, 0.6) is 0 Å². The lowest BCUT2D eigenvalue weighted by atomic mass is 9.52. The second-order valence-corrected chi connectivity index (χ2v) is 8.18. The number of rotatable bonds is 0. The van der Waals surface area contributed by atoms with Crippen molar-refractivity contribution in [2.45, 2.75) is 64.9 Å². The fraction of sp³-hybridized carbons (Fsp3) is 0.737. The lowest BCUT2D eigenvalue weighted by molar-refractivity contribution is -0.115. The molecule has 21 heavy (non-hydrogen) atoms. The summed E-state index contributed by atoms with van der Waals surface area (Å²) >= 11 is 0. The van der Waals surface area contributed by atoms with Crippen molar-refractivity contribution in [3.8, 4) is 0 Å². The Balaban J connectivity index is 1.76. The van der Waals surface area contributed by atoms with Crippen molar-refractivity contribution >= 4 is 5.78 Å². The maximum Gasteiger partial charge on any atom is 0.155 e. The molecule has 4 rings (SSSR count). The molecule has 114 valence electrons. The van der Waals surface area contributed by atoms with Gasteiger partial charge in [0, 0.05) is 17.3 Å². The predicted octanol–water partition coefficient (Wildman–Crippen LogP) is 3.80. The molecular formula is C19H26O2. The van der Waals surface area contributed by atoms with Crippen LogP contribution in [0.25, 0.3) is 0 Å². The third-order valence-electron chi connectivity index (χ3n) is 7.28. The van der Waals surface area contributed by atoms with Gasteiger partial charge in [0.15, 0.2) is 5.78 Å². The summed E-state index contributed by atoms with van der Waals surface area (Å²) in [5, 5.41) is 10.4. The third-order valence-corrected chi connectivity index (χ3v) is 7.28. The van der Waals surface area contributed by atoms with E-state index in [9.17, 15) is 9.90 Å². The van der Waals surface area contributed by atoms with Crippen LogP contribution in [0.1, 0.15) is 58.8 Å². The number of hydrogen-bond donors (Lipinski definition) is 1. The molecule has 4 aliphatic rings. The summed E-state index contributed by atoms with van der Waals surface area (Å²) in [7, 11) is 0. The van der Waals surface area contributed by atoms with Crippen molar-refractivity contribution in [3.05, 3.63) is 23.3 Å². The van der Waals surface area contributed by atoms with E-state index < -0.39 is 0 Å². The SMILES string of the molecule is CC12CCC(=O)C=C1CCC1C2=CCC2(C)C(O)CCC12. The number of ketones is 1. The molecule has 0 spiro atoms. The Morgan fingerprint density at radius 1 is 1.19 bits per heavy atom. The van der Waals surface area contributed by atoms with Crippen LogP contribution < -0.4 is 0 Å². The second-order valence-electron chi connectivity index (χ2n) is 8.18. The first-order valence-corrected chi connectivity index (χ1v) is 8.57. The fourth-order valence-electron chi connectivity index (χ4n) is 5.83. The van der Waals surface area contributed by atoms with Gasteiger partial charge >= 0.3 is 0 Å². The summed E-state index contributed by atoms with van der Waals surface area (Å²) in [6, 6.07) is 0. The highest BCUT2D eigenvalue weighted by molar-refractivity contribution is 5.92. The van der Waals surface area contributed by atoms with Crippen LogP contribution >= 0.6 is 0 Å². The lowest BCUT2D eigenvalue weighted by Gasteiger charge is -2.53. The Morgan fingerprint density at radius 2 is 2.00 bits per heavy atom. The highest BCUT2D eigenvalue weighted by atomic mass is 16.3. The molecule has 0 bridgehead atoms. The summed E-state index contributed by atoms with van der Waals surface area (Å²) in [5.41, 5.74) is 3.20. The van der Waals surface area contributed by atoms with E-state index in [0.29, 0.717) is 24.0 Å². The van der Waals surface area contributed by atoms with Gasteiger partial charge in [0.05, 0.1) is 6.10 Å². The third kappa shape index (κ3) is 1.72. The first kappa shape index (κ1) is 13.8. The zero-order valence-corrected chi connectivity index (χ0v) is 13.2. The number of fused-ring (bicyclic) bond motifs is 5. The molecule has 2 heteroatoms. The Hall–Kier alpha value is -0.890.